The van der Waals surface area contributed by atoms with Crippen LogP contribution in [0.3, 0.4) is 0 Å². The number of benzene rings is 2. The minimum Gasteiger partial charge on any atom is -0.325 e. The van der Waals surface area contributed by atoms with E-state index in [0.29, 0.717) is 5.92 Å². The van der Waals surface area contributed by atoms with Crippen LogP contribution in [0.25, 0.3) is 11.1 Å². The van der Waals surface area contributed by atoms with Gasteiger partial charge in [-0.25, -0.2) is 0 Å². The molecule has 18 heavy (non-hydrogen) atoms. The molecular weight excluding hydrogens is 264 g/mol. The Kier molecular flexibility index (Phi) is 4.33. The van der Waals surface area contributed by atoms with E-state index in [1.165, 1.54) is 11.1 Å². The molecule has 0 aromatic heterocycles. The summed E-state index contributed by atoms with van der Waals surface area (Å²) in [6.07, 6.45) is 0. The molecule has 2 aromatic rings. The topological polar surface area (TPSA) is 20.2 Å². The molecule has 1 nitrogen and oxygen atoms in total. The van der Waals surface area contributed by atoms with Gasteiger partial charge >= 0.3 is 0 Å². The van der Waals surface area contributed by atoms with Crippen LogP contribution >= 0.6 is 23.6 Å². The fourth-order valence-electron chi connectivity index (χ4n) is 1.99. The van der Waals surface area contributed by atoms with E-state index >= 15 is 0 Å². The lowest BCUT2D eigenvalue weighted by Crippen LogP contribution is -1.92. The lowest BCUT2D eigenvalue weighted by Gasteiger charge is -2.14. The summed E-state index contributed by atoms with van der Waals surface area (Å²) in [5.41, 5.74) is 3.50. The second kappa shape index (κ2) is 5.79. The summed E-state index contributed by atoms with van der Waals surface area (Å²) < 4.78 is 9.13. The largest absolute Gasteiger partial charge is 0.325 e. The summed E-state index contributed by atoms with van der Waals surface area (Å²) in [5.74, 6) is 0.407. The molecular formula is C15H15ClOS. The maximum atomic E-state index is 9.13. The second-order valence-electron chi connectivity index (χ2n) is 4.51. The van der Waals surface area contributed by atoms with Gasteiger partial charge in [0.25, 0.3) is 0 Å². The molecule has 0 heterocycles. The molecule has 0 fully saturated rings. The summed E-state index contributed by atoms with van der Waals surface area (Å²) in [5, 5.41) is 0.759. The molecule has 0 atom stereocenters. The average molecular weight is 279 g/mol. The predicted octanol–water partition coefficient (Wildman–Crippen LogP) is 5.70. The van der Waals surface area contributed by atoms with Gasteiger partial charge in [-0.3, -0.25) is 0 Å². The Labute approximate surface area is 117 Å². The Bertz CT molecular complexity index is 552. The van der Waals surface area contributed by atoms with Crippen molar-refractivity contribution in [3.8, 4) is 11.1 Å². The number of halogens is 1. The van der Waals surface area contributed by atoms with Gasteiger partial charge in [0.1, 0.15) is 0 Å². The summed E-state index contributed by atoms with van der Waals surface area (Å²) in [6.45, 7) is 4.31. The summed E-state index contributed by atoms with van der Waals surface area (Å²) in [7, 11) is 0. The lowest BCUT2D eigenvalue weighted by molar-refractivity contribution is 0.664. The van der Waals surface area contributed by atoms with E-state index in [0.717, 1.165) is 27.5 Å². The molecule has 2 aromatic carbocycles. The number of hydrogen-bond acceptors (Lipinski definition) is 2. The molecule has 0 saturated heterocycles. The lowest BCUT2D eigenvalue weighted by atomic mass is 9.93. The van der Waals surface area contributed by atoms with Crippen LogP contribution in [0.4, 0.5) is 0 Å². The van der Waals surface area contributed by atoms with E-state index in [1.54, 1.807) is 0 Å². The summed E-state index contributed by atoms with van der Waals surface area (Å²) >= 11 is 6.83. The zero-order chi connectivity index (χ0) is 13.1. The highest BCUT2D eigenvalue weighted by Gasteiger charge is 2.09. The zero-order valence-corrected chi connectivity index (χ0v) is 11.9. The van der Waals surface area contributed by atoms with Crippen molar-refractivity contribution in [3.05, 3.63) is 53.1 Å². The third-order valence-electron chi connectivity index (χ3n) is 2.89. The quantitative estimate of drug-likeness (QED) is 0.727. The molecule has 0 aliphatic heterocycles. The predicted molar refractivity (Wildman–Crippen MR) is 79.5 cm³/mol. The van der Waals surface area contributed by atoms with Gasteiger partial charge in [-0.2, -0.15) is 0 Å². The maximum absolute atomic E-state index is 9.13. The smallest absolute Gasteiger partial charge is 0.0409 e. The first-order chi connectivity index (χ1) is 8.61. The third-order valence-corrected chi connectivity index (χ3v) is 3.59. The van der Waals surface area contributed by atoms with Crippen molar-refractivity contribution in [1.29, 1.82) is 0 Å². The fourth-order valence-corrected chi connectivity index (χ4v) is 2.49. The molecule has 0 spiro atoms. The van der Waals surface area contributed by atoms with E-state index in [1.807, 2.05) is 36.4 Å². The van der Waals surface area contributed by atoms with Crippen LogP contribution in [0.2, 0.25) is 5.02 Å². The van der Waals surface area contributed by atoms with Crippen molar-refractivity contribution in [2.24, 2.45) is 0 Å². The number of rotatable bonds is 3. The third kappa shape index (κ3) is 2.89. The van der Waals surface area contributed by atoms with Crippen molar-refractivity contribution in [2.75, 3.05) is 0 Å². The van der Waals surface area contributed by atoms with Gasteiger partial charge in [0.2, 0.25) is 0 Å². The molecule has 0 unspecified atom stereocenters. The normalized spacial score (nSPS) is 10.9. The Morgan fingerprint density at radius 3 is 2.56 bits per heavy atom. The SMILES string of the molecule is CC(C)c1cc(Cl)ccc1-c1cccc(SO)c1. The van der Waals surface area contributed by atoms with Crippen LogP contribution in [-0.2, 0) is 0 Å². The van der Waals surface area contributed by atoms with Crippen molar-refractivity contribution < 1.29 is 4.55 Å². The van der Waals surface area contributed by atoms with Crippen LogP contribution in [-0.4, -0.2) is 4.55 Å². The standard InChI is InChI=1S/C15H15ClOS/c1-10(2)15-9-12(16)6-7-14(15)11-4-3-5-13(8-11)18-17/h3-10,17H,1-2H3. The molecule has 94 valence electrons. The van der Waals surface area contributed by atoms with Gasteiger partial charge < -0.3 is 4.55 Å². The Hall–Kier alpha value is -0.960. The van der Waals surface area contributed by atoms with Crippen LogP contribution in [0.5, 0.6) is 0 Å². The van der Waals surface area contributed by atoms with E-state index in [4.69, 9.17) is 16.2 Å². The van der Waals surface area contributed by atoms with Gasteiger partial charge in [0, 0.05) is 22.0 Å². The zero-order valence-electron chi connectivity index (χ0n) is 10.4. The van der Waals surface area contributed by atoms with E-state index < -0.39 is 0 Å². The monoisotopic (exact) mass is 278 g/mol. The minimum atomic E-state index is 0.407. The molecule has 0 saturated carbocycles. The molecule has 2 rings (SSSR count). The van der Waals surface area contributed by atoms with Crippen LogP contribution < -0.4 is 0 Å². The molecule has 0 radical (unpaired) electrons. The van der Waals surface area contributed by atoms with E-state index in [9.17, 15) is 0 Å². The highest BCUT2D eigenvalue weighted by atomic mass is 35.5. The first-order valence-electron chi connectivity index (χ1n) is 5.83. The maximum Gasteiger partial charge on any atom is 0.0409 e. The Morgan fingerprint density at radius 2 is 1.89 bits per heavy atom. The van der Waals surface area contributed by atoms with E-state index in [-0.39, 0.29) is 0 Å². The van der Waals surface area contributed by atoms with Crippen molar-refractivity contribution in [3.63, 3.8) is 0 Å². The molecule has 0 amide bonds. The van der Waals surface area contributed by atoms with E-state index in [2.05, 4.69) is 19.9 Å². The van der Waals surface area contributed by atoms with Crippen molar-refractivity contribution in [1.82, 2.24) is 0 Å². The summed E-state index contributed by atoms with van der Waals surface area (Å²) in [4.78, 5) is 0.845. The van der Waals surface area contributed by atoms with Crippen LogP contribution in [0, 0.1) is 0 Å². The van der Waals surface area contributed by atoms with Gasteiger partial charge in [0.05, 0.1) is 0 Å². The highest BCUT2D eigenvalue weighted by Crippen LogP contribution is 2.33. The molecule has 3 heteroatoms. The fraction of sp³-hybridized carbons (Fsp3) is 0.200. The van der Waals surface area contributed by atoms with Crippen molar-refractivity contribution in [2.45, 2.75) is 24.7 Å². The van der Waals surface area contributed by atoms with Crippen LogP contribution in [0.15, 0.2) is 47.4 Å². The van der Waals surface area contributed by atoms with Gasteiger partial charge in [0.15, 0.2) is 0 Å². The Balaban J connectivity index is 2.55. The Morgan fingerprint density at radius 1 is 1.11 bits per heavy atom. The van der Waals surface area contributed by atoms with Gasteiger partial charge in [-0.15, -0.1) is 0 Å². The minimum absolute atomic E-state index is 0.407. The first-order valence-corrected chi connectivity index (χ1v) is 6.98. The summed E-state index contributed by atoms with van der Waals surface area (Å²) in [6, 6.07) is 13.8. The highest BCUT2D eigenvalue weighted by molar-refractivity contribution is 7.93. The average Bonchev–Trinajstić information content (AvgIpc) is 2.38. The molecule has 0 aliphatic rings. The molecule has 0 bridgehead atoms. The second-order valence-corrected chi connectivity index (χ2v) is 5.60. The van der Waals surface area contributed by atoms with Crippen molar-refractivity contribution >= 4 is 23.6 Å². The first kappa shape index (κ1) is 13.5. The van der Waals surface area contributed by atoms with Gasteiger partial charge in [-0.1, -0.05) is 43.6 Å². The van der Waals surface area contributed by atoms with Gasteiger partial charge in [-0.05, 0) is 46.9 Å². The molecule has 0 aliphatic carbocycles. The number of hydrogen-bond donors (Lipinski definition) is 1. The molecule has 1 N–H and O–H groups in total. The van der Waals surface area contributed by atoms with Crippen LogP contribution in [0.1, 0.15) is 25.3 Å².